The summed E-state index contributed by atoms with van der Waals surface area (Å²) < 4.78 is 6.78. The van der Waals surface area contributed by atoms with E-state index < -0.39 is 17.4 Å². The molecule has 0 radical (unpaired) electrons. The number of nitrogens with one attached hydrogen (secondary N) is 1. The number of nitrogens with zero attached hydrogens (tertiary/aromatic N) is 2. The molecule has 3 rings (SSSR count). The second-order valence-corrected chi connectivity index (χ2v) is 6.37. The molecule has 2 heterocycles. The Morgan fingerprint density at radius 1 is 1.32 bits per heavy atom. The van der Waals surface area contributed by atoms with Crippen molar-refractivity contribution in [3.8, 4) is 5.69 Å². The molecule has 2 N–H and O–H groups in total. The summed E-state index contributed by atoms with van der Waals surface area (Å²) in [6.07, 6.45) is 1.88. The van der Waals surface area contributed by atoms with Gasteiger partial charge in [0.05, 0.1) is 28.2 Å². The highest BCUT2D eigenvalue weighted by Crippen LogP contribution is 2.24. The summed E-state index contributed by atoms with van der Waals surface area (Å²) in [4.78, 5) is 24.4. The summed E-state index contributed by atoms with van der Waals surface area (Å²) in [6.45, 7) is 2.33. The average molecular weight is 364 g/mol. The summed E-state index contributed by atoms with van der Waals surface area (Å²) in [5.41, 5.74) is 0.235. The molecule has 1 amide bonds. The molecule has 132 valence electrons. The van der Waals surface area contributed by atoms with E-state index in [2.05, 4.69) is 10.4 Å². The number of benzene rings is 1. The van der Waals surface area contributed by atoms with Crippen molar-refractivity contribution in [1.29, 1.82) is 0 Å². The van der Waals surface area contributed by atoms with Crippen LogP contribution in [0.5, 0.6) is 0 Å². The maximum Gasteiger partial charge on any atom is 0.329 e. The molecule has 1 aliphatic heterocycles. The van der Waals surface area contributed by atoms with Gasteiger partial charge in [0.15, 0.2) is 0 Å². The molecule has 2 aromatic rings. The molecule has 1 aliphatic rings. The highest BCUT2D eigenvalue weighted by atomic mass is 35.5. The van der Waals surface area contributed by atoms with Crippen LogP contribution in [0.1, 0.15) is 28.9 Å². The largest absolute Gasteiger partial charge is 0.480 e. The van der Waals surface area contributed by atoms with Crippen LogP contribution in [0.4, 0.5) is 0 Å². The number of rotatable bonds is 4. The number of halogens is 1. The van der Waals surface area contributed by atoms with Gasteiger partial charge in [-0.15, -0.1) is 0 Å². The van der Waals surface area contributed by atoms with Gasteiger partial charge in [-0.25, -0.2) is 9.48 Å². The number of ether oxygens (including phenoxy) is 1. The van der Waals surface area contributed by atoms with E-state index in [-0.39, 0.29) is 12.8 Å². The zero-order valence-corrected chi connectivity index (χ0v) is 14.4. The topological polar surface area (TPSA) is 93.5 Å². The Bertz CT molecular complexity index is 812. The summed E-state index contributed by atoms with van der Waals surface area (Å²) in [7, 11) is 0. The number of aromatic nitrogens is 2. The third kappa shape index (κ3) is 3.25. The number of carbonyl (C=O) groups excluding carboxylic acids is 1. The summed E-state index contributed by atoms with van der Waals surface area (Å²) in [5, 5.41) is 17.0. The van der Waals surface area contributed by atoms with E-state index >= 15 is 0 Å². The van der Waals surface area contributed by atoms with Crippen LogP contribution in [0.15, 0.2) is 30.5 Å². The number of carboxylic acid groups (broad SMARTS) is 1. The van der Waals surface area contributed by atoms with Crippen LogP contribution in [0.25, 0.3) is 5.69 Å². The molecule has 8 heteroatoms. The maximum absolute atomic E-state index is 12.7. The number of hydrogen-bond acceptors (Lipinski definition) is 4. The van der Waals surface area contributed by atoms with Gasteiger partial charge in [-0.05, 0) is 19.1 Å². The summed E-state index contributed by atoms with van der Waals surface area (Å²) in [6, 6.07) is 7.16. The van der Waals surface area contributed by atoms with Gasteiger partial charge in [-0.1, -0.05) is 23.7 Å². The lowest BCUT2D eigenvalue weighted by Crippen LogP contribution is -2.57. The minimum Gasteiger partial charge on any atom is -0.480 e. The van der Waals surface area contributed by atoms with Crippen LogP contribution < -0.4 is 5.32 Å². The lowest BCUT2D eigenvalue weighted by Gasteiger charge is -2.33. The third-order valence-electron chi connectivity index (χ3n) is 4.44. The van der Waals surface area contributed by atoms with Gasteiger partial charge in [-0.3, -0.25) is 4.79 Å². The number of aliphatic carboxylic acids is 1. The molecule has 7 nitrogen and oxygen atoms in total. The van der Waals surface area contributed by atoms with Crippen LogP contribution >= 0.6 is 11.6 Å². The van der Waals surface area contributed by atoms with Crippen molar-refractivity contribution in [3.63, 3.8) is 0 Å². The van der Waals surface area contributed by atoms with Gasteiger partial charge in [0.25, 0.3) is 5.91 Å². The first kappa shape index (κ1) is 17.4. The lowest BCUT2D eigenvalue weighted by atomic mass is 9.89. The van der Waals surface area contributed by atoms with Crippen LogP contribution in [0, 0.1) is 6.92 Å². The van der Waals surface area contributed by atoms with Crippen molar-refractivity contribution in [2.75, 3.05) is 13.2 Å². The second kappa shape index (κ2) is 6.85. The molecular weight excluding hydrogens is 346 g/mol. The summed E-state index contributed by atoms with van der Waals surface area (Å²) in [5.74, 6) is -1.53. The highest BCUT2D eigenvalue weighted by molar-refractivity contribution is 6.32. The molecule has 0 saturated carbocycles. The SMILES string of the molecule is Cc1c(C(=O)NC2(C(=O)O)CCOCC2)cnn1-c1ccccc1Cl. The predicted octanol–water partition coefficient (Wildman–Crippen LogP) is 2.20. The molecule has 1 saturated heterocycles. The van der Waals surface area contributed by atoms with E-state index in [0.717, 1.165) is 0 Å². The van der Waals surface area contributed by atoms with E-state index in [1.54, 1.807) is 29.8 Å². The molecule has 0 aliphatic carbocycles. The first-order valence-corrected chi connectivity index (χ1v) is 8.25. The number of carbonyl (C=O) groups is 2. The molecule has 0 spiro atoms. The van der Waals surface area contributed by atoms with Gasteiger partial charge in [0.1, 0.15) is 5.54 Å². The van der Waals surface area contributed by atoms with Gasteiger partial charge < -0.3 is 15.2 Å². The minimum atomic E-state index is -1.31. The van der Waals surface area contributed by atoms with Crippen LogP contribution in [0.2, 0.25) is 5.02 Å². The zero-order valence-electron chi connectivity index (χ0n) is 13.7. The molecule has 0 bridgehead atoms. The third-order valence-corrected chi connectivity index (χ3v) is 4.76. The quantitative estimate of drug-likeness (QED) is 0.868. The van der Waals surface area contributed by atoms with E-state index in [1.165, 1.54) is 6.20 Å². The fourth-order valence-electron chi connectivity index (χ4n) is 2.90. The van der Waals surface area contributed by atoms with Crippen LogP contribution in [-0.2, 0) is 9.53 Å². The Balaban J connectivity index is 1.89. The first-order valence-electron chi connectivity index (χ1n) is 7.88. The number of para-hydroxylation sites is 1. The zero-order chi connectivity index (χ0) is 18.0. The number of carboxylic acids is 1. The standard InChI is InChI=1S/C17H18ClN3O4/c1-11-12(10-19-21(11)14-5-3-2-4-13(14)18)15(22)20-17(16(23)24)6-8-25-9-7-17/h2-5,10H,6-9H2,1H3,(H,20,22)(H,23,24). The van der Waals surface area contributed by atoms with E-state index in [4.69, 9.17) is 16.3 Å². The Kier molecular flexibility index (Phi) is 4.78. The maximum atomic E-state index is 12.7. The average Bonchev–Trinajstić information content (AvgIpc) is 2.97. The fraction of sp³-hybridized carbons (Fsp3) is 0.353. The molecule has 1 aromatic carbocycles. The monoisotopic (exact) mass is 363 g/mol. The van der Waals surface area contributed by atoms with Crippen molar-refractivity contribution in [1.82, 2.24) is 15.1 Å². The van der Waals surface area contributed by atoms with Crippen molar-refractivity contribution >= 4 is 23.5 Å². The highest BCUT2D eigenvalue weighted by Gasteiger charge is 2.42. The van der Waals surface area contributed by atoms with Crippen molar-refractivity contribution < 1.29 is 19.4 Å². The molecule has 1 fully saturated rings. The Morgan fingerprint density at radius 2 is 2.00 bits per heavy atom. The van der Waals surface area contributed by atoms with Gasteiger partial charge in [0, 0.05) is 26.1 Å². The Morgan fingerprint density at radius 3 is 2.64 bits per heavy atom. The second-order valence-electron chi connectivity index (χ2n) is 5.96. The molecule has 1 aromatic heterocycles. The normalized spacial score (nSPS) is 16.4. The Hall–Kier alpha value is -2.38. The number of amides is 1. The smallest absolute Gasteiger partial charge is 0.329 e. The van der Waals surface area contributed by atoms with Crippen LogP contribution in [-0.4, -0.2) is 45.5 Å². The molecular formula is C17H18ClN3O4. The first-order chi connectivity index (χ1) is 11.9. The predicted molar refractivity (Wildman–Crippen MR) is 91.2 cm³/mol. The van der Waals surface area contributed by atoms with Crippen molar-refractivity contribution in [2.45, 2.75) is 25.3 Å². The van der Waals surface area contributed by atoms with E-state index in [1.807, 2.05) is 6.07 Å². The van der Waals surface area contributed by atoms with Crippen LogP contribution in [0.3, 0.4) is 0 Å². The summed E-state index contributed by atoms with van der Waals surface area (Å²) >= 11 is 6.19. The molecule has 0 atom stereocenters. The lowest BCUT2D eigenvalue weighted by molar-refractivity contribution is -0.148. The fourth-order valence-corrected chi connectivity index (χ4v) is 3.11. The number of hydrogen-bond donors (Lipinski definition) is 2. The van der Waals surface area contributed by atoms with Gasteiger partial charge in [-0.2, -0.15) is 5.10 Å². The molecule has 0 unspecified atom stereocenters. The van der Waals surface area contributed by atoms with Crippen molar-refractivity contribution in [3.05, 3.63) is 46.7 Å². The van der Waals surface area contributed by atoms with Gasteiger partial charge >= 0.3 is 5.97 Å². The minimum absolute atomic E-state index is 0.228. The molecule has 25 heavy (non-hydrogen) atoms. The Labute approximate surface area is 149 Å². The van der Waals surface area contributed by atoms with E-state index in [9.17, 15) is 14.7 Å². The van der Waals surface area contributed by atoms with Gasteiger partial charge in [0.2, 0.25) is 0 Å². The van der Waals surface area contributed by atoms with E-state index in [0.29, 0.717) is 35.2 Å². The van der Waals surface area contributed by atoms with Crippen molar-refractivity contribution in [2.24, 2.45) is 0 Å².